The quantitative estimate of drug-likeness (QED) is 0.838. The fourth-order valence-electron chi connectivity index (χ4n) is 0.961. The van der Waals surface area contributed by atoms with Crippen molar-refractivity contribution >= 4 is 33.4 Å². The Morgan fingerprint density at radius 3 is 2.87 bits per heavy atom. The zero-order valence-corrected chi connectivity index (χ0v) is 9.90. The van der Waals surface area contributed by atoms with Crippen molar-refractivity contribution < 1.29 is 14.3 Å². The van der Waals surface area contributed by atoms with Gasteiger partial charge in [-0.2, -0.15) is 0 Å². The van der Waals surface area contributed by atoms with Crippen LogP contribution < -0.4 is 5.32 Å². The molecule has 0 atom stereocenters. The maximum absolute atomic E-state index is 13.3. The van der Waals surface area contributed by atoms with Gasteiger partial charge in [0.05, 0.1) is 17.2 Å². The van der Waals surface area contributed by atoms with Crippen LogP contribution >= 0.6 is 27.5 Å². The summed E-state index contributed by atoms with van der Waals surface area (Å²) < 4.78 is 13.7. The molecule has 0 aliphatic heterocycles. The van der Waals surface area contributed by atoms with E-state index in [2.05, 4.69) is 21.2 Å². The molecule has 15 heavy (non-hydrogen) atoms. The van der Waals surface area contributed by atoms with E-state index in [0.717, 1.165) is 6.07 Å². The van der Waals surface area contributed by atoms with Gasteiger partial charge in [-0.1, -0.05) is 11.6 Å². The molecule has 0 aromatic heterocycles. The first-order chi connectivity index (χ1) is 7.06. The van der Waals surface area contributed by atoms with E-state index in [4.69, 9.17) is 16.7 Å². The molecule has 0 bridgehead atoms. The zero-order valence-electron chi connectivity index (χ0n) is 7.56. The van der Waals surface area contributed by atoms with Gasteiger partial charge in [-0.25, -0.2) is 4.39 Å². The minimum atomic E-state index is -0.696. The van der Waals surface area contributed by atoms with Crippen LogP contribution in [0.1, 0.15) is 10.4 Å². The number of benzene rings is 1. The monoisotopic (exact) mass is 295 g/mol. The molecule has 0 saturated carbocycles. The molecular weight excluding hydrogens is 288 g/mol. The van der Waals surface area contributed by atoms with E-state index < -0.39 is 11.7 Å². The second-order valence-corrected chi connectivity index (χ2v) is 3.99. The molecule has 0 saturated heterocycles. The summed E-state index contributed by atoms with van der Waals surface area (Å²) in [5.41, 5.74) is -0.111. The van der Waals surface area contributed by atoms with E-state index in [1.165, 1.54) is 6.07 Å². The lowest BCUT2D eigenvalue weighted by atomic mass is 10.2. The van der Waals surface area contributed by atoms with E-state index >= 15 is 0 Å². The first kappa shape index (κ1) is 12.4. The summed E-state index contributed by atoms with van der Waals surface area (Å²) in [6.07, 6.45) is 0. The Labute approximate surface area is 99.4 Å². The molecule has 0 aliphatic rings. The first-order valence-corrected chi connectivity index (χ1v) is 5.27. The van der Waals surface area contributed by atoms with E-state index in [9.17, 15) is 9.18 Å². The Kier molecular flexibility index (Phi) is 4.50. The van der Waals surface area contributed by atoms with Gasteiger partial charge >= 0.3 is 0 Å². The van der Waals surface area contributed by atoms with Crippen molar-refractivity contribution in [3.63, 3.8) is 0 Å². The van der Waals surface area contributed by atoms with Crippen molar-refractivity contribution in [3.8, 4) is 0 Å². The minimum absolute atomic E-state index is 0.0819. The third-order valence-electron chi connectivity index (χ3n) is 1.65. The van der Waals surface area contributed by atoms with Gasteiger partial charge in [-0.15, -0.1) is 0 Å². The molecule has 3 nitrogen and oxygen atoms in total. The van der Waals surface area contributed by atoms with Crippen LogP contribution in [-0.4, -0.2) is 24.2 Å². The summed E-state index contributed by atoms with van der Waals surface area (Å²) in [7, 11) is 0. The van der Waals surface area contributed by atoms with Gasteiger partial charge in [0.15, 0.2) is 0 Å². The van der Waals surface area contributed by atoms with Crippen molar-refractivity contribution in [1.82, 2.24) is 5.32 Å². The average molecular weight is 297 g/mol. The van der Waals surface area contributed by atoms with Crippen molar-refractivity contribution in [2.75, 3.05) is 13.2 Å². The van der Waals surface area contributed by atoms with Gasteiger partial charge in [0.2, 0.25) is 0 Å². The summed E-state index contributed by atoms with van der Waals surface area (Å²) in [6, 6.07) is 2.35. The first-order valence-electron chi connectivity index (χ1n) is 4.10. The highest BCUT2D eigenvalue weighted by Crippen LogP contribution is 2.25. The number of rotatable bonds is 3. The van der Waals surface area contributed by atoms with E-state index in [1.54, 1.807) is 0 Å². The van der Waals surface area contributed by atoms with Crippen LogP contribution in [0.2, 0.25) is 5.02 Å². The molecule has 1 rings (SSSR count). The lowest BCUT2D eigenvalue weighted by Crippen LogP contribution is -2.27. The number of nitrogens with one attached hydrogen (secondary N) is 1. The second-order valence-electron chi connectivity index (χ2n) is 2.73. The molecule has 1 amide bonds. The SMILES string of the molecule is O=C(NCCO)c1cc(Br)c(Cl)cc1F. The predicted octanol–water partition coefficient (Wildman–Crippen LogP) is 1.96. The van der Waals surface area contributed by atoms with Crippen LogP contribution in [0.4, 0.5) is 4.39 Å². The zero-order chi connectivity index (χ0) is 11.4. The molecule has 1 aromatic carbocycles. The van der Waals surface area contributed by atoms with Gasteiger partial charge in [0.25, 0.3) is 5.91 Å². The van der Waals surface area contributed by atoms with Crippen molar-refractivity contribution in [2.24, 2.45) is 0 Å². The molecule has 1 aromatic rings. The van der Waals surface area contributed by atoms with Gasteiger partial charge in [0.1, 0.15) is 5.82 Å². The third-order valence-corrected chi connectivity index (χ3v) is 2.85. The van der Waals surface area contributed by atoms with Crippen LogP contribution in [0.3, 0.4) is 0 Å². The number of amides is 1. The summed E-state index contributed by atoms with van der Waals surface area (Å²) in [5, 5.41) is 11.0. The molecule has 0 unspecified atom stereocenters. The Hall–Kier alpha value is -0.650. The molecule has 82 valence electrons. The van der Waals surface area contributed by atoms with E-state index in [1.807, 2.05) is 0 Å². The number of aliphatic hydroxyl groups excluding tert-OH is 1. The Morgan fingerprint density at radius 2 is 2.27 bits per heavy atom. The average Bonchev–Trinajstić information content (AvgIpc) is 2.20. The summed E-state index contributed by atoms with van der Waals surface area (Å²) in [5.74, 6) is -1.28. The highest BCUT2D eigenvalue weighted by molar-refractivity contribution is 9.10. The van der Waals surface area contributed by atoms with Gasteiger partial charge in [0, 0.05) is 11.0 Å². The van der Waals surface area contributed by atoms with Gasteiger partial charge in [-0.05, 0) is 28.1 Å². The molecule has 2 N–H and O–H groups in total. The van der Waals surface area contributed by atoms with Crippen molar-refractivity contribution in [2.45, 2.75) is 0 Å². The van der Waals surface area contributed by atoms with Crippen LogP contribution in [0.25, 0.3) is 0 Å². The Bertz CT molecular complexity index is 387. The predicted molar refractivity (Wildman–Crippen MR) is 58.5 cm³/mol. The lowest BCUT2D eigenvalue weighted by Gasteiger charge is -2.05. The third kappa shape index (κ3) is 3.15. The molecule has 0 heterocycles. The number of hydrogen-bond acceptors (Lipinski definition) is 2. The lowest BCUT2D eigenvalue weighted by molar-refractivity contribution is 0.0940. The maximum Gasteiger partial charge on any atom is 0.254 e. The Morgan fingerprint density at radius 1 is 1.60 bits per heavy atom. The summed E-state index contributed by atoms with van der Waals surface area (Å²) in [6.45, 7) is -0.110. The number of hydrogen-bond donors (Lipinski definition) is 2. The summed E-state index contributed by atoms with van der Waals surface area (Å²) in [4.78, 5) is 11.4. The van der Waals surface area contributed by atoms with E-state index in [-0.39, 0.29) is 23.7 Å². The smallest absolute Gasteiger partial charge is 0.254 e. The summed E-state index contributed by atoms with van der Waals surface area (Å²) >= 11 is 8.73. The number of carbonyl (C=O) groups excluding carboxylic acids is 1. The highest BCUT2D eigenvalue weighted by atomic mass is 79.9. The largest absolute Gasteiger partial charge is 0.395 e. The van der Waals surface area contributed by atoms with Crippen molar-refractivity contribution in [1.29, 1.82) is 0 Å². The topological polar surface area (TPSA) is 49.3 Å². The molecule has 6 heteroatoms. The van der Waals surface area contributed by atoms with Crippen LogP contribution in [0.15, 0.2) is 16.6 Å². The molecular formula is C9H8BrClFNO2. The maximum atomic E-state index is 13.3. The van der Waals surface area contributed by atoms with Crippen molar-refractivity contribution in [3.05, 3.63) is 33.0 Å². The van der Waals surface area contributed by atoms with Crippen LogP contribution in [0.5, 0.6) is 0 Å². The fourth-order valence-corrected chi connectivity index (χ4v) is 1.45. The molecule has 0 fully saturated rings. The normalized spacial score (nSPS) is 10.1. The number of carbonyl (C=O) groups is 1. The Balaban J connectivity index is 2.94. The van der Waals surface area contributed by atoms with E-state index in [0.29, 0.717) is 4.47 Å². The standard InChI is InChI=1S/C9H8BrClFNO2/c10-6-3-5(8(12)4-7(6)11)9(15)13-1-2-14/h3-4,14H,1-2H2,(H,13,15). The molecule has 0 radical (unpaired) electrons. The minimum Gasteiger partial charge on any atom is -0.395 e. The fraction of sp³-hybridized carbons (Fsp3) is 0.222. The number of aliphatic hydroxyl groups is 1. The molecule has 0 spiro atoms. The van der Waals surface area contributed by atoms with Crippen LogP contribution in [0, 0.1) is 5.82 Å². The molecule has 0 aliphatic carbocycles. The number of halogens is 3. The second kappa shape index (κ2) is 5.44. The van der Waals surface area contributed by atoms with Crippen LogP contribution in [-0.2, 0) is 0 Å². The van der Waals surface area contributed by atoms with Gasteiger partial charge in [-0.3, -0.25) is 4.79 Å². The highest BCUT2D eigenvalue weighted by Gasteiger charge is 2.13. The van der Waals surface area contributed by atoms with Gasteiger partial charge < -0.3 is 10.4 Å².